The molecule has 1 aliphatic heterocycles. The van der Waals surface area contributed by atoms with Gasteiger partial charge in [0.05, 0.1) is 5.25 Å². The smallest absolute Gasteiger partial charge is 0.317 e. The van der Waals surface area contributed by atoms with Gasteiger partial charge < -0.3 is 10.2 Å². The summed E-state index contributed by atoms with van der Waals surface area (Å²) in [7, 11) is 0.0571. The fraction of sp³-hybridized carbons (Fsp3) is 0.588. The van der Waals surface area contributed by atoms with Crippen molar-refractivity contribution in [2.24, 2.45) is 0 Å². The summed E-state index contributed by atoms with van der Waals surface area (Å²) < 4.78 is 27.4. The molecule has 1 heterocycles. The van der Waals surface area contributed by atoms with Gasteiger partial charge in [-0.1, -0.05) is 30.3 Å². The third kappa shape index (κ3) is 3.57. The lowest BCUT2D eigenvalue weighted by Gasteiger charge is -2.33. The molecule has 1 aromatic rings. The Labute approximate surface area is 143 Å². The summed E-state index contributed by atoms with van der Waals surface area (Å²) in [6.07, 6.45) is 2.29. The van der Waals surface area contributed by atoms with E-state index in [9.17, 15) is 13.2 Å². The van der Waals surface area contributed by atoms with Crippen LogP contribution in [-0.2, 0) is 10.0 Å². The molecule has 1 aromatic carbocycles. The lowest BCUT2D eigenvalue weighted by atomic mass is 10.1. The predicted molar refractivity (Wildman–Crippen MR) is 93.3 cm³/mol. The van der Waals surface area contributed by atoms with E-state index in [2.05, 4.69) is 5.32 Å². The molecule has 0 aromatic heterocycles. The lowest BCUT2D eigenvalue weighted by molar-refractivity contribution is 0.203. The number of sulfonamides is 1. The number of rotatable bonds is 4. The summed E-state index contributed by atoms with van der Waals surface area (Å²) in [5.41, 5.74) is 1.10. The van der Waals surface area contributed by atoms with E-state index in [1.165, 1.54) is 4.90 Å². The van der Waals surface area contributed by atoms with Crippen LogP contribution in [0.2, 0.25) is 0 Å². The zero-order valence-corrected chi connectivity index (χ0v) is 15.0. The van der Waals surface area contributed by atoms with Crippen molar-refractivity contribution < 1.29 is 13.2 Å². The Morgan fingerprint density at radius 2 is 1.96 bits per heavy atom. The van der Waals surface area contributed by atoms with Gasteiger partial charge in [0.25, 0.3) is 0 Å². The zero-order chi connectivity index (χ0) is 17.3. The Kier molecular flexibility index (Phi) is 4.83. The van der Waals surface area contributed by atoms with Crippen LogP contribution in [0.3, 0.4) is 0 Å². The molecule has 0 spiro atoms. The van der Waals surface area contributed by atoms with E-state index in [-0.39, 0.29) is 23.2 Å². The standard InChI is InChI=1S/C17H25N3O3S/c1-19(2)17(21)18-14-9-6-10-20(12-14)24(22,23)16-11-15(16)13-7-4-3-5-8-13/h3-5,7-8,14-16H,6,9-12H2,1-2H3,(H,18,21). The molecule has 3 rings (SSSR count). The largest absolute Gasteiger partial charge is 0.334 e. The summed E-state index contributed by atoms with van der Waals surface area (Å²) in [5.74, 6) is 0.105. The number of hydrogen-bond donors (Lipinski definition) is 1. The predicted octanol–water partition coefficient (Wildman–Crippen LogP) is 1.61. The van der Waals surface area contributed by atoms with Crippen LogP contribution in [0.4, 0.5) is 4.79 Å². The molecule has 24 heavy (non-hydrogen) atoms. The normalized spacial score (nSPS) is 27.5. The van der Waals surface area contributed by atoms with Gasteiger partial charge in [0.15, 0.2) is 0 Å². The van der Waals surface area contributed by atoms with Gasteiger partial charge in [-0.05, 0) is 24.8 Å². The van der Waals surface area contributed by atoms with Gasteiger partial charge in [-0.15, -0.1) is 0 Å². The van der Waals surface area contributed by atoms with E-state index >= 15 is 0 Å². The monoisotopic (exact) mass is 351 g/mol. The van der Waals surface area contributed by atoms with Crippen molar-refractivity contribution in [2.75, 3.05) is 27.2 Å². The summed E-state index contributed by atoms with van der Waals surface area (Å²) in [6.45, 7) is 0.925. The zero-order valence-electron chi connectivity index (χ0n) is 14.2. The van der Waals surface area contributed by atoms with Gasteiger partial charge in [0, 0.05) is 39.1 Å². The Hall–Kier alpha value is -1.60. The van der Waals surface area contributed by atoms with E-state index in [4.69, 9.17) is 0 Å². The molecule has 1 N–H and O–H groups in total. The van der Waals surface area contributed by atoms with Gasteiger partial charge in [-0.25, -0.2) is 13.2 Å². The van der Waals surface area contributed by atoms with Crippen LogP contribution in [-0.4, -0.2) is 62.1 Å². The Bertz CT molecular complexity index is 690. The van der Waals surface area contributed by atoms with E-state index in [0.717, 1.165) is 18.4 Å². The van der Waals surface area contributed by atoms with Crippen molar-refractivity contribution in [2.45, 2.75) is 36.5 Å². The average Bonchev–Trinajstić information content (AvgIpc) is 3.37. The molecule has 7 heteroatoms. The molecular formula is C17H25N3O3S. The lowest BCUT2D eigenvalue weighted by Crippen LogP contribution is -2.52. The fourth-order valence-corrected chi connectivity index (χ4v) is 5.52. The highest BCUT2D eigenvalue weighted by Crippen LogP contribution is 2.47. The third-order valence-electron chi connectivity index (χ3n) is 4.82. The molecule has 3 atom stereocenters. The van der Waals surface area contributed by atoms with Gasteiger partial charge in [-0.2, -0.15) is 4.31 Å². The molecule has 1 aliphatic carbocycles. The highest BCUT2D eigenvalue weighted by molar-refractivity contribution is 7.90. The molecule has 1 saturated carbocycles. The second-order valence-electron chi connectivity index (χ2n) is 6.88. The number of urea groups is 1. The van der Waals surface area contributed by atoms with Crippen molar-refractivity contribution in [3.63, 3.8) is 0 Å². The fourth-order valence-electron chi connectivity index (χ4n) is 3.34. The minimum atomic E-state index is -3.31. The van der Waals surface area contributed by atoms with Crippen molar-refractivity contribution >= 4 is 16.1 Å². The molecule has 1 saturated heterocycles. The molecule has 0 radical (unpaired) electrons. The van der Waals surface area contributed by atoms with Gasteiger partial charge >= 0.3 is 6.03 Å². The van der Waals surface area contributed by atoms with E-state index in [1.54, 1.807) is 18.4 Å². The van der Waals surface area contributed by atoms with Gasteiger partial charge in [0.2, 0.25) is 10.0 Å². The van der Waals surface area contributed by atoms with Crippen LogP contribution in [0.25, 0.3) is 0 Å². The number of nitrogens with one attached hydrogen (secondary N) is 1. The van der Waals surface area contributed by atoms with Crippen LogP contribution in [0.1, 0.15) is 30.7 Å². The van der Waals surface area contributed by atoms with Crippen LogP contribution in [0, 0.1) is 0 Å². The van der Waals surface area contributed by atoms with Crippen molar-refractivity contribution in [3.05, 3.63) is 35.9 Å². The maximum absolute atomic E-state index is 12.9. The first-order chi connectivity index (χ1) is 11.4. The van der Waals surface area contributed by atoms with Crippen LogP contribution < -0.4 is 5.32 Å². The van der Waals surface area contributed by atoms with E-state index in [0.29, 0.717) is 19.5 Å². The first-order valence-electron chi connectivity index (χ1n) is 8.41. The second kappa shape index (κ2) is 6.72. The minimum absolute atomic E-state index is 0.105. The van der Waals surface area contributed by atoms with Crippen molar-refractivity contribution in [1.29, 1.82) is 0 Å². The molecule has 2 fully saturated rings. The molecule has 2 amide bonds. The quantitative estimate of drug-likeness (QED) is 0.896. The number of hydrogen-bond acceptors (Lipinski definition) is 3. The van der Waals surface area contributed by atoms with Crippen molar-refractivity contribution in [3.8, 4) is 0 Å². The second-order valence-corrected chi connectivity index (χ2v) is 9.03. The molecular weight excluding hydrogens is 326 g/mol. The van der Waals surface area contributed by atoms with E-state index in [1.807, 2.05) is 30.3 Å². The topological polar surface area (TPSA) is 69.7 Å². The Balaban J connectivity index is 1.64. The molecule has 132 valence electrons. The molecule has 6 nitrogen and oxygen atoms in total. The van der Waals surface area contributed by atoms with Gasteiger partial charge in [0.1, 0.15) is 0 Å². The SMILES string of the molecule is CN(C)C(=O)NC1CCCN(S(=O)(=O)C2CC2c2ccccc2)C1. The van der Waals surface area contributed by atoms with Crippen LogP contribution in [0.5, 0.6) is 0 Å². The van der Waals surface area contributed by atoms with Crippen molar-refractivity contribution in [1.82, 2.24) is 14.5 Å². The van der Waals surface area contributed by atoms with E-state index < -0.39 is 10.0 Å². The molecule has 2 aliphatic rings. The summed E-state index contributed by atoms with van der Waals surface area (Å²) in [4.78, 5) is 13.3. The van der Waals surface area contributed by atoms with Gasteiger partial charge in [-0.3, -0.25) is 0 Å². The Morgan fingerprint density at radius 1 is 1.25 bits per heavy atom. The maximum Gasteiger partial charge on any atom is 0.317 e. The molecule has 3 unspecified atom stereocenters. The Morgan fingerprint density at radius 3 is 2.62 bits per heavy atom. The number of benzene rings is 1. The number of piperidine rings is 1. The van der Waals surface area contributed by atoms with Crippen LogP contribution >= 0.6 is 0 Å². The summed E-state index contributed by atoms with van der Waals surface area (Å²) in [5, 5.41) is 2.59. The van der Waals surface area contributed by atoms with Crippen LogP contribution in [0.15, 0.2) is 30.3 Å². The first-order valence-corrected chi connectivity index (χ1v) is 9.91. The minimum Gasteiger partial charge on any atom is -0.334 e. The third-order valence-corrected chi connectivity index (χ3v) is 7.16. The summed E-state index contributed by atoms with van der Waals surface area (Å²) in [6, 6.07) is 9.55. The number of nitrogens with zero attached hydrogens (tertiary/aromatic N) is 2. The maximum atomic E-state index is 12.9. The highest BCUT2D eigenvalue weighted by atomic mass is 32.2. The highest BCUT2D eigenvalue weighted by Gasteiger charge is 2.51. The number of amides is 2. The number of carbonyl (C=O) groups excluding carboxylic acids is 1. The first kappa shape index (κ1) is 17.2. The average molecular weight is 351 g/mol. The number of carbonyl (C=O) groups is 1. The molecule has 0 bridgehead atoms. The summed E-state index contributed by atoms with van der Waals surface area (Å²) >= 11 is 0.